The maximum atomic E-state index is 12.3. The Hall–Kier alpha value is -2.57. The van der Waals surface area contributed by atoms with Gasteiger partial charge in [-0.15, -0.1) is 0 Å². The minimum absolute atomic E-state index is 0.0179. The zero-order chi connectivity index (χ0) is 18.2. The lowest BCUT2D eigenvalue weighted by atomic mass is 9.90. The van der Waals surface area contributed by atoms with Crippen LogP contribution in [0.25, 0.3) is 0 Å². The second-order valence-electron chi connectivity index (χ2n) is 7.13. The number of anilines is 2. The predicted octanol–water partition coefficient (Wildman–Crippen LogP) is 2.53. The quantitative estimate of drug-likeness (QED) is 0.877. The molecule has 25 heavy (non-hydrogen) atoms. The SMILES string of the molecule is CC(=O)N(c1ccc(NC(=O)N2CCC(C)(C(=O)O)C2)cc1)C1CC1. The van der Waals surface area contributed by atoms with E-state index in [4.69, 9.17) is 0 Å². The number of amides is 3. The molecule has 7 nitrogen and oxygen atoms in total. The highest BCUT2D eigenvalue weighted by atomic mass is 16.4. The van der Waals surface area contributed by atoms with Crippen LogP contribution < -0.4 is 10.2 Å². The number of rotatable bonds is 4. The van der Waals surface area contributed by atoms with Crippen LogP contribution in [0.3, 0.4) is 0 Å². The second kappa shape index (κ2) is 6.38. The number of carboxylic acids is 1. The van der Waals surface area contributed by atoms with E-state index in [2.05, 4.69) is 5.32 Å². The largest absolute Gasteiger partial charge is 0.481 e. The Bertz CT molecular complexity index is 699. The summed E-state index contributed by atoms with van der Waals surface area (Å²) >= 11 is 0. The zero-order valence-corrected chi connectivity index (χ0v) is 14.5. The summed E-state index contributed by atoms with van der Waals surface area (Å²) in [6.45, 7) is 3.84. The molecule has 2 aliphatic rings. The van der Waals surface area contributed by atoms with E-state index in [9.17, 15) is 19.5 Å². The summed E-state index contributed by atoms with van der Waals surface area (Å²) in [5, 5.41) is 12.0. The van der Waals surface area contributed by atoms with Gasteiger partial charge < -0.3 is 20.2 Å². The Balaban J connectivity index is 1.63. The van der Waals surface area contributed by atoms with Gasteiger partial charge in [0.15, 0.2) is 0 Å². The van der Waals surface area contributed by atoms with Crippen LogP contribution in [-0.2, 0) is 9.59 Å². The van der Waals surface area contributed by atoms with Gasteiger partial charge in [-0.2, -0.15) is 0 Å². The maximum absolute atomic E-state index is 12.3. The van der Waals surface area contributed by atoms with Crippen molar-refractivity contribution in [3.8, 4) is 0 Å². The molecule has 1 aliphatic heterocycles. The van der Waals surface area contributed by atoms with E-state index in [1.807, 2.05) is 12.1 Å². The highest BCUT2D eigenvalue weighted by Crippen LogP contribution is 2.33. The van der Waals surface area contributed by atoms with Gasteiger partial charge in [0, 0.05) is 37.4 Å². The van der Waals surface area contributed by atoms with Gasteiger partial charge in [0.25, 0.3) is 0 Å². The van der Waals surface area contributed by atoms with Gasteiger partial charge in [-0.1, -0.05) is 0 Å². The third-order valence-electron chi connectivity index (χ3n) is 4.92. The molecule has 0 radical (unpaired) electrons. The first-order chi connectivity index (χ1) is 11.8. The van der Waals surface area contributed by atoms with Crippen molar-refractivity contribution >= 4 is 29.3 Å². The van der Waals surface area contributed by atoms with Crippen molar-refractivity contribution in [3.63, 3.8) is 0 Å². The molecule has 134 valence electrons. The summed E-state index contributed by atoms with van der Waals surface area (Å²) in [4.78, 5) is 38.7. The lowest BCUT2D eigenvalue weighted by Gasteiger charge is -2.22. The summed E-state index contributed by atoms with van der Waals surface area (Å²) in [6, 6.07) is 7.15. The lowest BCUT2D eigenvalue weighted by Crippen LogP contribution is -2.37. The Morgan fingerprint density at radius 3 is 2.36 bits per heavy atom. The normalized spacial score (nSPS) is 22.6. The number of hydrogen-bond acceptors (Lipinski definition) is 3. The highest BCUT2D eigenvalue weighted by molar-refractivity contribution is 5.94. The molecule has 1 saturated heterocycles. The molecule has 0 bridgehead atoms. The van der Waals surface area contributed by atoms with Crippen LogP contribution >= 0.6 is 0 Å². The Kier molecular flexibility index (Phi) is 4.41. The molecule has 1 saturated carbocycles. The van der Waals surface area contributed by atoms with Crippen LogP contribution in [0.5, 0.6) is 0 Å². The monoisotopic (exact) mass is 345 g/mol. The van der Waals surface area contributed by atoms with Crippen molar-refractivity contribution < 1.29 is 19.5 Å². The highest BCUT2D eigenvalue weighted by Gasteiger charge is 2.42. The minimum Gasteiger partial charge on any atom is -0.481 e. The fourth-order valence-electron chi connectivity index (χ4n) is 3.20. The van der Waals surface area contributed by atoms with Crippen LogP contribution in [0.2, 0.25) is 0 Å². The molecule has 3 rings (SSSR count). The number of nitrogens with one attached hydrogen (secondary N) is 1. The van der Waals surface area contributed by atoms with Crippen LogP contribution in [0.1, 0.15) is 33.1 Å². The molecule has 7 heteroatoms. The van der Waals surface area contributed by atoms with E-state index >= 15 is 0 Å². The molecule has 1 aromatic carbocycles. The van der Waals surface area contributed by atoms with Gasteiger partial charge in [0.2, 0.25) is 5.91 Å². The molecule has 2 N–H and O–H groups in total. The van der Waals surface area contributed by atoms with Crippen LogP contribution in [0.15, 0.2) is 24.3 Å². The fraction of sp³-hybridized carbons (Fsp3) is 0.500. The van der Waals surface area contributed by atoms with E-state index in [0.717, 1.165) is 18.5 Å². The molecule has 1 unspecified atom stereocenters. The Morgan fingerprint density at radius 1 is 1.24 bits per heavy atom. The molecule has 1 atom stereocenters. The first-order valence-corrected chi connectivity index (χ1v) is 8.49. The number of benzene rings is 1. The molecule has 0 aromatic heterocycles. The van der Waals surface area contributed by atoms with Gasteiger partial charge in [0.05, 0.1) is 5.41 Å². The minimum atomic E-state index is -0.881. The van der Waals surface area contributed by atoms with E-state index in [-0.39, 0.29) is 24.5 Å². The first kappa shape index (κ1) is 17.3. The number of carbonyl (C=O) groups is 3. The smallest absolute Gasteiger partial charge is 0.321 e. The molecule has 1 aliphatic carbocycles. The molecule has 3 amide bonds. The summed E-state index contributed by atoms with van der Waals surface area (Å²) in [5.41, 5.74) is 0.567. The van der Waals surface area contributed by atoms with Crippen molar-refractivity contribution in [2.45, 2.75) is 39.2 Å². The van der Waals surface area contributed by atoms with Gasteiger partial charge in [0.1, 0.15) is 0 Å². The maximum Gasteiger partial charge on any atom is 0.321 e. The number of likely N-dealkylation sites (tertiary alicyclic amines) is 1. The summed E-state index contributed by atoms with van der Waals surface area (Å²) in [5.74, 6) is -0.860. The molecular formula is C18H23N3O4. The molecule has 1 aromatic rings. The number of carboxylic acid groups (broad SMARTS) is 1. The Morgan fingerprint density at radius 2 is 1.88 bits per heavy atom. The third kappa shape index (κ3) is 3.60. The number of urea groups is 1. The van der Waals surface area contributed by atoms with Crippen molar-refractivity contribution in [2.75, 3.05) is 23.3 Å². The van der Waals surface area contributed by atoms with Gasteiger partial charge in [-0.25, -0.2) is 4.79 Å². The van der Waals surface area contributed by atoms with E-state index in [0.29, 0.717) is 18.7 Å². The number of nitrogens with zero attached hydrogens (tertiary/aromatic N) is 2. The summed E-state index contributed by atoms with van der Waals surface area (Å²) in [7, 11) is 0. The first-order valence-electron chi connectivity index (χ1n) is 8.49. The van der Waals surface area contributed by atoms with E-state index in [1.165, 1.54) is 4.90 Å². The number of carbonyl (C=O) groups excluding carboxylic acids is 2. The summed E-state index contributed by atoms with van der Waals surface area (Å²) in [6.07, 6.45) is 2.49. The van der Waals surface area contributed by atoms with Crippen LogP contribution in [-0.4, -0.2) is 47.0 Å². The topological polar surface area (TPSA) is 90.0 Å². The number of aliphatic carboxylic acids is 1. The molecule has 2 fully saturated rings. The van der Waals surface area contributed by atoms with Crippen molar-refractivity contribution in [2.24, 2.45) is 5.41 Å². The standard InChI is InChI=1S/C18H23N3O4/c1-12(22)21(15-7-8-15)14-5-3-13(4-6-14)19-17(25)20-10-9-18(2,11-20)16(23)24/h3-6,15H,7-11H2,1-2H3,(H,19,25)(H,23,24). The van der Waals surface area contributed by atoms with E-state index < -0.39 is 11.4 Å². The van der Waals surface area contributed by atoms with Crippen LogP contribution in [0, 0.1) is 5.41 Å². The van der Waals surface area contributed by atoms with Crippen LogP contribution in [0.4, 0.5) is 16.2 Å². The zero-order valence-electron chi connectivity index (χ0n) is 14.5. The van der Waals surface area contributed by atoms with Gasteiger partial charge >= 0.3 is 12.0 Å². The molecular weight excluding hydrogens is 322 g/mol. The summed E-state index contributed by atoms with van der Waals surface area (Å²) < 4.78 is 0. The fourth-order valence-corrected chi connectivity index (χ4v) is 3.20. The molecule has 0 spiro atoms. The van der Waals surface area contributed by atoms with Gasteiger partial charge in [-0.05, 0) is 50.5 Å². The third-order valence-corrected chi connectivity index (χ3v) is 4.92. The second-order valence-corrected chi connectivity index (χ2v) is 7.13. The Labute approximate surface area is 146 Å². The number of hydrogen-bond donors (Lipinski definition) is 2. The predicted molar refractivity (Wildman–Crippen MR) is 93.6 cm³/mol. The average Bonchev–Trinajstić information content (AvgIpc) is 3.29. The van der Waals surface area contributed by atoms with E-state index in [1.54, 1.807) is 30.9 Å². The average molecular weight is 345 g/mol. The van der Waals surface area contributed by atoms with Crippen molar-refractivity contribution in [3.05, 3.63) is 24.3 Å². The lowest BCUT2D eigenvalue weighted by molar-refractivity contribution is -0.147. The van der Waals surface area contributed by atoms with Crippen molar-refractivity contribution in [1.82, 2.24) is 4.90 Å². The van der Waals surface area contributed by atoms with Gasteiger partial charge in [-0.3, -0.25) is 9.59 Å². The van der Waals surface area contributed by atoms with Crippen molar-refractivity contribution in [1.29, 1.82) is 0 Å². The molecule has 1 heterocycles.